The highest BCUT2D eigenvalue weighted by Gasteiger charge is 2.45. The van der Waals surface area contributed by atoms with Crippen LogP contribution < -0.4 is 0 Å². The van der Waals surface area contributed by atoms with Gasteiger partial charge in [0.05, 0.1) is 0 Å². The summed E-state index contributed by atoms with van der Waals surface area (Å²) in [6.07, 6.45) is 5.33. The lowest BCUT2D eigenvalue weighted by Crippen LogP contribution is -2.58. The van der Waals surface area contributed by atoms with Crippen LogP contribution in [0.2, 0.25) is 0 Å². The van der Waals surface area contributed by atoms with Crippen LogP contribution in [-0.4, -0.2) is 49.2 Å². The van der Waals surface area contributed by atoms with E-state index in [1.54, 1.807) is 6.07 Å². The van der Waals surface area contributed by atoms with Crippen molar-refractivity contribution in [3.63, 3.8) is 0 Å². The van der Waals surface area contributed by atoms with Crippen LogP contribution in [0.3, 0.4) is 0 Å². The molecule has 4 rings (SSSR count). The number of aryl methyl sites for hydroxylation is 1. The van der Waals surface area contributed by atoms with Crippen LogP contribution in [0.25, 0.3) is 0 Å². The van der Waals surface area contributed by atoms with Gasteiger partial charge < -0.3 is 4.90 Å². The van der Waals surface area contributed by atoms with Crippen molar-refractivity contribution in [3.8, 4) is 0 Å². The monoisotopic (exact) mass is 368 g/mol. The zero-order chi connectivity index (χ0) is 16.9. The number of carbonyl (C=O) groups is 1. The van der Waals surface area contributed by atoms with Crippen LogP contribution >= 0.6 is 11.3 Å². The van der Waals surface area contributed by atoms with Gasteiger partial charge >= 0.3 is 0 Å². The van der Waals surface area contributed by atoms with Crippen molar-refractivity contribution in [3.05, 3.63) is 17.0 Å². The number of hydrogen-bond donors (Lipinski definition) is 0. The van der Waals surface area contributed by atoms with Crippen molar-refractivity contribution in [1.29, 1.82) is 0 Å². The Morgan fingerprint density at radius 1 is 1.12 bits per heavy atom. The first-order valence-corrected chi connectivity index (χ1v) is 11.1. The van der Waals surface area contributed by atoms with Crippen LogP contribution in [0.15, 0.2) is 16.3 Å². The summed E-state index contributed by atoms with van der Waals surface area (Å²) in [6, 6.07) is 2.98. The number of carbonyl (C=O) groups excluding carboxylic acids is 1. The normalized spacial score (nSPS) is 26.4. The van der Waals surface area contributed by atoms with Crippen molar-refractivity contribution < 1.29 is 13.2 Å². The predicted molar refractivity (Wildman–Crippen MR) is 93.4 cm³/mol. The lowest BCUT2D eigenvalue weighted by Gasteiger charge is -2.47. The Morgan fingerprint density at radius 2 is 1.88 bits per heavy atom. The minimum Gasteiger partial charge on any atom is -0.341 e. The molecule has 0 radical (unpaired) electrons. The Balaban J connectivity index is 1.46. The lowest BCUT2D eigenvalue weighted by atomic mass is 9.72. The highest BCUT2D eigenvalue weighted by molar-refractivity contribution is 7.91. The molecule has 0 N–H and O–H groups in total. The van der Waals surface area contributed by atoms with Crippen LogP contribution in [0, 0.1) is 18.8 Å². The molecule has 5 nitrogen and oxygen atoms in total. The molecule has 3 aliphatic rings. The molecule has 2 saturated heterocycles. The molecule has 1 amide bonds. The van der Waals surface area contributed by atoms with Gasteiger partial charge in [-0.25, -0.2) is 8.42 Å². The van der Waals surface area contributed by atoms with Gasteiger partial charge in [-0.15, -0.1) is 11.3 Å². The molecule has 1 aromatic heterocycles. The molecule has 1 aliphatic carbocycles. The highest BCUT2D eigenvalue weighted by Crippen LogP contribution is 2.39. The maximum Gasteiger partial charge on any atom is 0.253 e. The van der Waals surface area contributed by atoms with E-state index >= 15 is 0 Å². The van der Waals surface area contributed by atoms with Crippen molar-refractivity contribution in [2.75, 3.05) is 19.6 Å². The topological polar surface area (TPSA) is 57.7 Å². The van der Waals surface area contributed by atoms with Gasteiger partial charge in [-0.2, -0.15) is 4.31 Å². The standard InChI is InChI=1S/C17H24N2O3S2/c1-12-7-8-16(23-12)24(21,22)19-9-3-6-15(19)17(20)18-10-14(11-18)13-4-2-5-13/h7-8,13-15H,2-6,9-11H2,1H3. The summed E-state index contributed by atoms with van der Waals surface area (Å²) in [4.78, 5) is 15.7. The van der Waals surface area contributed by atoms with E-state index in [1.807, 2.05) is 17.9 Å². The Morgan fingerprint density at radius 3 is 2.46 bits per heavy atom. The van der Waals surface area contributed by atoms with Gasteiger partial charge in [0.25, 0.3) is 10.0 Å². The molecule has 24 heavy (non-hydrogen) atoms. The first kappa shape index (κ1) is 16.5. The number of rotatable bonds is 4. The second-order valence-corrected chi connectivity index (χ2v) is 10.7. The molecule has 1 atom stereocenters. The van der Waals surface area contributed by atoms with Gasteiger partial charge in [0, 0.05) is 24.5 Å². The van der Waals surface area contributed by atoms with Crippen LogP contribution in [0.5, 0.6) is 0 Å². The molecule has 132 valence electrons. The van der Waals surface area contributed by atoms with E-state index < -0.39 is 16.1 Å². The number of nitrogens with zero attached hydrogens (tertiary/aromatic N) is 2. The summed E-state index contributed by atoms with van der Waals surface area (Å²) in [7, 11) is -3.55. The lowest BCUT2D eigenvalue weighted by molar-refractivity contribution is -0.143. The summed E-state index contributed by atoms with van der Waals surface area (Å²) >= 11 is 1.28. The average molecular weight is 369 g/mol. The molecule has 2 aliphatic heterocycles. The molecule has 1 aromatic rings. The fourth-order valence-electron chi connectivity index (χ4n) is 4.05. The first-order valence-electron chi connectivity index (χ1n) is 8.84. The van der Waals surface area contributed by atoms with E-state index in [4.69, 9.17) is 0 Å². The molecule has 3 fully saturated rings. The minimum atomic E-state index is -3.55. The van der Waals surface area contributed by atoms with Gasteiger partial charge in [-0.1, -0.05) is 19.3 Å². The Hall–Kier alpha value is -0.920. The minimum absolute atomic E-state index is 0.0138. The number of amides is 1. The maximum absolute atomic E-state index is 12.9. The van der Waals surface area contributed by atoms with Gasteiger partial charge in [0.1, 0.15) is 10.3 Å². The summed E-state index contributed by atoms with van der Waals surface area (Å²) in [5.41, 5.74) is 0. The van der Waals surface area contributed by atoms with Crippen molar-refractivity contribution in [1.82, 2.24) is 9.21 Å². The van der Waals surface area contributed by atoms with E-state index in [9.17, 15) is 13.2 Å². The van der Waals surface area contributed by atoms with Gasteiger partial charge in [-0.05, 0) is 43.7 Å². The summed E-state index contributed by atoms with van der Waals surface area (Å²) in [5, 5.41) is 0. The molecule has 3 heterocycles. The Kier molecular flexibility index (Phi) is 4.21. The third kappa shape index (κ3) is 2.70. The van der Waals surface area contributed by atoms with Crippen molar-refractivity contribution >= 4 is 27.3 Å². The van der Waals surface area contributed by atoms with Gasteiger partial charge in [-0.3, -0.25) is 4.79 Å². The average Bonchev–Trinajstić information content (AvgIpc) is 3.08. The third-order valence-electron chi connectivity index (χ3n) is 5.81. The summed E-state index contributed by atoms with van der Waals surface area (Å²) < 4.78 is 27.6. The fourth-order valence-corrected chi connectivity index (χ4v) is 7.12. The highest BCUT2D eigenvalue weighted by atomic mass is 32.2. The largest absolute Gasteiger partial charge is 0.341 e. The molecule has 0 spiro atoms. The van der Waals surface area contributed by atoms with E-state index in [2.05, 4.69) is 0 Å². The van der Waals surface area contributed by atoms with Crippen LogP contribution in [0.1, 0.15) is 37.0 Å². The molecular formula is C17H24N2O3S2. The molecule has 0 aromatic carbocycles. The molecule has 1 saturated carbocycles. The van der Waals surface area contributed by atoms with Gasteiger partial charge in [0.2, 0.25) is 5.91 Å². The second kappa shape index (κ2) is 6.11. The predicted octanol–water partition coefficient (Wildman–Crippen LogP) is 2.47. The third-order valence-corrected chi connectivity index (χ3v) is 9.18. The molecule has 1 unspecified atom stereocenters. The fraction of sp³-hybridized carbons (Fsp3) is 0.706. The quantitative estimate of drug-likeness (QED) is 0.820. The zero-order valence-corrected chi connectivity index (χ0v) is 15.6. The summed E-state index contributed by atoms with van der Waals surface area (Å²) in [5.74, 6) is 1.46. The van der Waals surface area contributed by atoms with Gasteiger partial charge in [0.15, 0.2) is 0 Å². The maximum atomic E-state index is 12.9. The second-order valence-electron chi connectivity index (χ2n) is 7.33. The first-order chi connectivity index (χ1) is 11.5. The SMILES string of the molecule is Cc1ccc(S(=O)(=O)N2CCCC2C(=O)N2CC(C3CCC3)C2)s1. The molecule has 7 heteroatoms. The van der Waals surface area contributed by atoms with E-state index in [0.717, 1.165) is 30.3 Å². The smallest absolute Gasteiger partial charge is 0.253 e. The Bertz CT molecular complexity index is 733. The number of sulfonamides is 1. The summed E-state index contributed by atoms with van der Waals surface area (Å²) in [6.45, 7) is 4.00. The van der Waals surface area contributed by atoms with E-state index in [1.165, 1.54) is 34.9 Å². The molecular weight excluding hydrogens is 344 g/mol. The number of likely N-dealkylation sites (tertiary alicyclic amines) is 1. The zero-order valence-electron chi connectivity index (χ0n) is 14.0. The van der Waals surface area contributed by atoms with E-state index in [0.29, 0.717) is 23.1 Å². The van der Waals surface area contributed by atoms with Crippen LogP contribution in [-0.2, 0) is 14.8 Å². The number of thiophene rings is 1. The Labute approximate surface area is 147 Å². The van der Waals surface area contributed by atoms with E-state index in [-0.39, 0.29) is 5.91 Å². The molecule has 0 bridgehead atoms. The van der Waals surface area contributed by atoms with Crippen molar-refractivity contribution in [2.24, 2.45) is 11.8 Å². The van der Waals surface area contributed by atoms with Crippen molar-refractivity contribution in [2.45, 2.75) is 49.3 Å². The van der Waals surface area contributed by atoms with Crippen LogP contribution in [0.4, 0.5) is 0 Å². The number of hydrogen-bond acceptors (Lipinski definition) is 4.